The molecule has 1 aliphatic rings. The smallest absolute Gasteiger partial charge is 0.344 e. The van der Waals surface area contributed by atoms with Crippen molar-refractivity contribution in [1.29, 1.82) is 0 Å². The van der Waals surface area contributed by atoms with Crippen molar-refractivity contribution in [3.05, 3.63) is 52.4 Å². The summed E-state index contributed by atoms with van der Waals surface area (Å²) < 4.78 is 32.8. The highest BCUT2D eigenvalue weighted by Gasteiger charge is 2.29. The summed E-state index contributed by atoms with van der Waals surface area (Å²) in [6.45, 7) is 2.11. The minimum Gasteiger partial charge on any atom is -0.507 e. The van der Waals surface area contributed by atoms with Crippen molar-refractivity contribution >= 4 is 32.0 Å². The molecule has 0 unspecified atom stereocenters. The van der Waals surface area contributed by atoms with E-state index in [1.54, 1.807) is 24.3 Å². The van der Waals surface area contributed by atoms with Crippen molar-refractivity contribution in [2.45, 2.75) is 6.54 Å². The third kappa shape index (κ3) is 3.51. The number of piperazine rings is 1. The van der Waals surface area contributed by atoms with Gasteiger partial charge in [-0.2, -0.15) is 17.0 Å². The average molecular weight is 417 g/mol. The van der Waals surface area contributed by atoms with Gasteiger partial charge in [-0.15, -0.1) is 0 Å². The number of phenols is 1. The second-order valence-corrected chi connectivity index (χ2v) is 9.48. The van der Waals surface area contributed by atoms with E-state index in [0.717, 1.165) is 10.8 Å². The van der Waals surface area contributed by atoms with E-state index in [4.69, 9.17) is 4.42 Å². The molecule has 1 fully saturated rings. The fourth-order valence-corrected chi connectivity index (χ4v) is 4.80. The maximum absolute atomic E-state index is 12.4. The predicted molar refractivity (Wildman–Crippen MR) is 111 cm³/mol. The van der Waals surface area contributed by atoms with E-state index in [2.05, 4.69) is 0 Å². The van der Waals surface area contributed by atoms with E-state index in [1.807, 2.05) is 17.0 Å². The molecule has 4 rings (SSSR count). The second kappa shape index (κ2) is 7.42. The average Bonchev–Trinajstić information content (AvgIpc) is 2.71. The van der Waals surface area contributed by atoms with Crippen LogP contribution in [0.2, 0.25) is 0 Å². The molecule has 0 saturated carbocycles. The van der Waals surface area contributed by atoms with Crippen molar-refractivity contribution in [1.82, 2.24) is 13.5 Å². The van der Waals surface area contributed by atoms with Gasteiger partial charge in [0, 0.05) is 52.2 Å². The Bertz CT molecular complexity index is 1230. The number of hydrogen-bond donors (Lipinski definition) is 1. The summed E-state index contributed by atoms with van der Waals surface area (Å²) in [4.78, 5) is 14.5. The van der Waals surface area contributed by atoms with E-state index in [-0.39, 0.29) is 5.75 Å². The molecule has 0 spiro atoms. The fraction of sp³-hybridized carbons (Fsp3) is 0.350. The number of phenolic OH excluding ortho intramolecular Hbond substituents is 1. The first-order chi connectivity index (χ1) is 13.8. The summed E-state index contributed by atoms with van der Waals surface area (Å²) in [5, 5.41) is 12.5. The predicted octanol–water partition coefficient (Wildman–Crippen LogP) is 1.58. The highest BCUT2D eigenvalue weighted by atomic mass is 32.2. The van der Waals surface area contributed by atoms with E-state index in [9.17, 15) is 18.3 Å². The zero-order valence-electron chi connectivity index (χ0n) is 16.3. The van der Waals surface area contributed by atoms with Gasteiger partial charge >= 0.3 is 5.63 Å². The van der Waals surface area contributed by atoms with Crippen LogP contribution in [-0.4, -0.2) is 67.3 Å². The third-order valence-electron chi connectivity index (χ3n) is 5.37. The molecule has 154 valence electrons. The van der Waals surface area contributed by atoms with Gasteiger partial charge < -0.3 is 9.52 Å². The highest BCUT2D eigenvalue weighted by Crippen LogP contribution is 2.32. The van der Waals surface area contributed by atoms with Gasteiger partial charge in [-0.25, -0.2) is 4.79 Å². The van der Waals surface area contributed by atoms with Gasteiger partial charge in [0.1, 0.15) is 11.3 Å². The summed E-state index contributed by atoms with van der Waals surface area (Å²) in [6, 6.07) is 10.6. The summed E-state index contributed by atoms with van der Waals surface area (Å²) >= 11 is 0. The molecular weight excluding hydrogens is 394 g/mol. The lowest BCUT2D eigenvalue weighted by Gasteiger charge is -2.35. The fourth-order valence-electron chi connectivity index (χ4n) is 3.72. The molecule has 9 heteroatoms. The molecule has 1 aliphatic heterocycles. The SMILES string of the molecule is CN(C)S(=O)(=O)N1CCN(Cc2c(O)ccc3c2oc(=O)c2ccccc23)CC1. The molecule has 3 aromatic rings. The topological polar surface area (TPSA) is 94.3 Å². The first kappa shape index (κ1) is 19.8. The van der Waals surface area contributed by atoms with Crippen LogP contribution in [0.5, 0.6) is 5.75 Å². The van der Waals surface area contributed by atoms with Crippen LogP contribution in [0.4, 0.5) is 0 Å². The van der Waals surface area contributed by atoms with Crippen LogP contribution in [0, 0.1) is 0 Å². The number of nitrogens with zero attached hydrogens (tertiary/aromatic N) is 3. The molecule has 0 amide bonds. The Labute approximate surface area is 168 Å². The zero-order chi connectivity index (χ0) is 20.8. The third-order valence-corrected chi connectivity index (χ3v) is 7.31. The quantitative estimate of drug-likeness (QED) is 0.512. The first-order valence-corrected chi connectivity index (χ1v) is 10.7. The van der Waals surface area contributed by atoms with Gasteiger partial charge in [-0.1, -0.05) is 18.2 Å². The minimum atomic E-state index is -3.44. The van der Waals surface area contributed by atoms with E-state index >= 15 is 0 Å². The maximum Gasteiger partial charge on any atom is 0.344 e. The molecule has 0 aliphatic carbocycles. The molecule has 2 aromatic carbocycles. The van der Waals surface area contributed by atoms with Gasteiger partial charge in [-0.05, 0) is 23.6 Å². The summed E-state index contributed by atoms with van der Waals surface area (Å²) in [7, 11) is -0.406. The first-order valence-electron chi connectivity index (χ1n) is 9.35. The van der Waals surface area contributed by atoms with Crippen LogP contribution in [0.25, 0.3) is 21.7 Å². The summed E-state index contributed by atoms with van der Waals surface area (Å²) in [6.07, 6.45) is 0. The lowest BCUT2D eigenvalue weighted by Crippen LogP contribution is -2.51. The number of hydrogen-bond acceptors (Lipinski definition) is 6. The Hall–Kier alpha value is -2.46. The van der Waals surface area contributed by atoms with Crippen LogP contribution in [0.3, 0.4) is 0 Å². The Morgan fingerprint density at radius 1 is 1.00 bits per heavy atom. The van der Waals surface area contributed by atoms with Crippen molar-refractivity contribution in [3.8, 4) is 5.75 Å². The van der Waals surface area contributed by atoms with Crippen LogP contribution in [0.15, 0.2) is 45.6 Å². The van der Waals surface area contributed by atoms with E-state index in [1.165, 1.54) is 22.7 Å². The number of fused-ring (bicyclic) bond motifs is 3. The molecular formula is C20H23N3O5S. The molecule has 1 aromatic heterocycles. The molecule has 2 heterocycles. The van der Waals surface area contributed by atoms with Crippen LogP contribution in [-0.2, 0) is 16.8 Å². The van der Waals surface area contributed by atoms with Gasteiger partial charge in [0.15, 0.2) is 0 Å². The standard InChI is InChI=1S/C20H23N3O5S/c1-21(2)29(26,27)23-11-9-22(10-12-23)13-17-18(24)8-7-15-14-5-3-4-6-16(14)20(25)28-19(15)17/h3-8,24H,9-13H2,1-2H3. The summed E-state index contributed by atoms with van der Waals surface area (Å²) in [5.41, 5.74) is 0.466. The molecule has 0 atom stereocenters. The molecule has 1 saturated heterocycles. The van der Waals surface area contributed by atoms with Crippen molar-refractivity contribution in [3.63, 3.8) is 0 Å². The summed E-state index contributed by atoms with van der Waals surface area (Å²) in [5.74, 6) is 0.0549. The van der Waals surface area contributed by atoms with Crippen molar-refractivity contribution in [2.24, 2.45) is 0 Å². The van der Waals surface area contributed by atoms with Gasteiger partial charge in [-0.3, -0.25) is 4.90 Å². The van der Waals surface area contributed by atoms with Crippen molar-refractivity contribution in [2.75, 3.05) is 40.3 Å². The Kier molecular flexibility index (Phi) is 5.07. The molecule has 8 nitrogen and oxygen atoms in total. The zero-order valence-corrected chi connectivity index (χ0v) is 17.1. The molecule has 1 N–H and O–H groups in total. The monoisotopic (exact) mass is 417 g/mol. The van der Waals surface area contributed by atoms with Crippen LogP contribution >= 0.6 is 0 Å². The minimum absolute atomic E-state index is 0.0549. The number of rotatable bonds is 4. The molecule has 0 bridgehead atoms. The maximum atomic E-state index is 12.4. The van der Waals surface area contributed by atoms with Gasteiger partial charge in [0.2, 0.25) is 0 Å². The Morgan fingerprint density at radius 2 is 1.66 bits per heavy atom. The van der Waals surface area contributed by atoms with Crippen molar-refractivity contribution < 1.29 is 17.9 Å². The Balaban J connectivity index is 1.66. The lowest BCUT2D eigenvalue weighted by molar-refractivity contribution is 0.176. The number of benzene rings is 2. The van der Waals surface area contributed by atoms with E-state index < -0.39 is 15.8 Å². The van der Waals surface area contributed by atoms with Gasteiger partial charge in [0.25, 0.3) is 10.2 Å². The largest absolute Gasteiger partial charge is 0.507 e. The normalized spacial score (nSPS) is 16.8. The van der Waals surface area contributed by atoms with Crippen LogP contribution in [0.1, 0.15) is 5.56 Å². The molecule has 29 heavy (non-hydrogen) atoms. The Morgan fingerprint density at radius 3 is 2.31 bits per heavy atom. The second-order valence-electron chi connectivity index (χ2n) is 7.34. The number of aromatic hydroxyl groups is 1. The highest BCUT2D eigenvalue weighted by molar-refractivity contribution is 7.86. The van der Waals surface area contributed by atoms with Crippen LogP contribution < -0.4 is 5.63 Å². The van der Waals surface area contributed by atoms with E-state index in [0.29, 0.717) is 49.3 Å². The lowest BCUT2D eigenvalue weighted by atomic mass is 10.0. The van der Waals surface area contributed by atoms with Gasteiger partial charge in [0.05, 0.1) is 10.9 Å². The molecule has 0 radical (unpaired) electrons.